The summed E-state index contributed by atoms with van der Waals surface area (Å²) in [6.07, 6.45) is 0. The molecule has 0 N–H and O–H groups in total. The van der Waals surface area contributed by atoms with Crippen LogP contribution in [0.5, 0.6) is 0 Å². The lowest BCUT2D eigenvalue weighted by Crippen LogP contribution is -2.15. The molecule has 0 saturated carbocycles. The van der Waals surface area contributed by atoms with Gasteiger partial charge in [-0.15, -0.1) is 11.3 Å². The second kappa shape index (κ2) is 4.43. The average Bonchev–Trinajstić information content (AvgIpc) is 2.94. The largest absolute Gasteiger partial charge is 0.268 e. The van der Waals surface area contributed by atoms with Crippen molar-refractivity contribution in [3.05, 3.63) is 42.2 Å². The minimum absolute atomic E-state index is 0.0513. The molecule has 2 heterocycles. The monoisotopic (exact) mass is 406 g/mol. The van der Waals surface area contributed by atoms with E-state index < -0.39 is 0 Å². The van der Waals surface area contributed by atoms with Gasteiger partial charge in [0, 0.05) is 25.6 Å². The quantitative estimate of drug-likeness (QED) is 0.333. The van der Waals surface area contributed by atoms with Gasteiger partial charge >= 0.3 is 0 Å². The lowest BCUT2D eigenvalue weighted by molar-refractivity contribution is 0.552. The number of nitrogens with zero attached hydrogens (tertiary/aromatic N) is 2. The first-order valence-corrected chi connectivity index (χ1v) is 8.74. The van der Waals surface area contributed by atoms with Crippen LogP contribution in [0.3, 0.4) is 0 Å². The van der Waals surface area contributed by atoms with Crippen LogP contribution in [-0.2, 0) is 5.41 Å². The predicted molar refractivity (Wildman–Crippen MR) is 101 cm³/mol. The molecule has 0 fully saturated rings. The SMILES string of the molecule is CC(C)(C)c1nc2cc3sc4ccccc4c3cc2n1I. The summed E-state index contributed by atoms with van der Waals surface area (Å²) in [7, 11) is 0. The molecule has 2 aromatic heterocycles. The van der Waals surface area contributed by atoms with Crippen LogP contribution in [0.25, 0.3) is 31.2 Å². The van der Waals surface area contributed by atoms with E-state index in [0.717, 1.165) is 11.3 Å². The fourth-order valence-electron chi connectivity index (χ4n) is 2.73. The Bertz CT molecular complexity index is 989. The van der Waals surface area contributed by atoms with Crippen LogP contribution in [0.1, 0.15) is 26.6 Å². The van der Waals surface area contributed by atoms with Crippen molar-refractivity contribution in [2.24, 2.45) is 0 Å². The van der Waals surface area contributed by atoms with E-state index in [1.54, 1.807) is 0 Å². The summed E-state index contributed by atoms with van der Waals surface area (Å²) in [5.74, 6) is 1.13. The number of hydrogen-bond acceptors (Lipinski definition) is 2. The normalized spacial score (nSPS) is 12.8. The second-order valence-electron chi connectivity index (χ2n) is 6.40. The average molecular weight is 406 g/mol. The van der Waals surface area contributed by atoms with Crippen molar-refractivity contribution in [3.63, 3.8) is 0 Å². The molecule has 0 bridgehead atoms. The molecular weight excluding hydrogens is 391 g/mol. The van der Waals surface area contributed by atoms with Crippen molar-refractivity contribution in [2.45, 2.75) is 26.2 Å². The zero-order valence-electron chi connectivity index (χ0n) is 12.1. The molecule has 4 rings (SSSR count). The van der Waals surface area contributed by atoms with Gasteiger partial charge in [-0.25, -0.2) is 4.98 Å². The van der Waals surface area contributed by atoms with E-state index in [0.29, 0.717) is 0 Å². The van der Waals surface area contributed by atoms with E-state index in [2.05, 4.69) is 82.8 Å². The van der Waals surface area contributed by atoms with Crippen LogP contribution in [0.15, 0.2) is 36.4 Å². The van der Waals surface area contributed by atoms with Crippen LogP contribution in [-0.4, -0.2) is 7.76 Å². The van der Waals surface area contributed by atoms with Gasteiger partial charge in [-0.05, 0) is 18.2 Å². The maximum atomic E-state index is 4.87. The number of halogens is 1. The highest BCUT2D eigenvalue weighted by Gasteiger charge is 2.22. The van der Waals surface area contributed by atoms with E-state index in [4.69, 9.17) is 4.98 Å². The first kappa shape index (κ1) is 13.5. The number of fused-ring (bicyclic) bond motifs is 4. The molecule has 0 unspecified atom stereocenters. The molecule has 4 heteroatoms. The Morgan fingerprint density at radius 2 is 1.81 bits per heavy atom. The number of aromatic nitrogens is 2. The van der Waals surface area contributed by atoms with Crippen LogP contribution in [0, 0.1) is 0 Å². The van der Waals surface area contributed by atoms with Gasteiger partial charge in [-0.2, -0.15) is 0 Å². The molecule has 21 heavy (non-hydrogen) atoms. The van der Waals surface area contributed by atoms with E-state index in [9.17, 15) is 0 Å². The van der Waals surface area contributed by atoms with Crippen molar-refractivity contribution < 1.29 is 0 Å². The third-order valence-corrected chi connectivity index (χ3v) is 5.88. The highest BCUT2D eigenvalue weighted by Crippen LogP contribution is 2.37. The van der Waals surface area contributed by atoms with Crippen molar-refractivity contribution in [1.82, 2.24) is 7.76 Å². The maximum absolute atomic E-state index is 4.87. The molecule has 0 atom stereocenters. The van der Waals surface area contributed by atoms with Crippen LogP contribution in [0.4, 0.5) is 0 Å². The Morgan fingerprint density at radius 1 is 1.05 bits per heavy atom. The molecule has 0 saturated heterocycles. The molecule has 2 aromatic carbocycles. The molecular formula is C17H15IN2S. The summed E-state index contributed by atoms with van der Waals surface area (Å²) in [6, 6.07) is 13.1. The summed E-state index contributed by atoms with van der Waals surface area (Å²) in [5, 5.41) is 2.68. The molecule has 0 aliphatic rings. The second-order valence-corrected chi connectivity index (χ2v) is 8.45. The maximum Gasteiger partial charge on any atom is 0.124 e. The summed E-state index contributed by atoms with van der Waals surface area (Å²) in [4.78, 5) is 4.87. The molecule has 0 aliphatic heterocycles. The lowest BCUT2D eigenvalue weighted by atomic mass is 9.96. The van der Waals surface area contributed by atoms with Gasteiger partial charge in [0.15, 0.2) is 0 Å². The molecule has 2 nitrogen and oxygen atoms in total. The first-order chi connectivity index (χ1) is 9.95. The molecule has 0 amide bonds. The van der Waals surface area contributed by atoms with Gasteiger partial charge in [0.25, 0.3) is 0 Å². The molecule has 106 valence electrons. The highest BCUT2D eigenvalue weighted by atomic mass is 127. The first-order valence-electron chi connectivity index (χ1n) is 6.95. The number of thiophene rings is 1. The van der Waals surface area contributed by atoms with E-state index >= 15 is 0 Å². The summed E-state index contributed by atoms with van der Waals surface area (Å²) in [6.45, 7) is 6.63. The molecule has 4 aromatic rings. The van der Waals surface area contributed by atoms with Gasteiger partial charge < -0.3 is 0 Å². The number of imidazole rings is 1. The minimum Gasteiger partial charge on any atom is -0.268 e. The molecule has 0 aliphatic carbocycles. The Labute approximate surface area is 141 Å². The van der Waals surface area contributed by atoms with Crippen molar-refractivity contribution in [1.29, 1.82) is 0 Å². The van der Waals surface area contributed by atoms with Crippen LogP contribution in [0.2, 0.25) is 0 Å². The fourth-order valence-corrected chi connectivity index (χ4v) is 5.07. The third kappa shape index (κ3) is 1.99. The standard InChI is InChI=1S/C17H15IN2S/c1-17(2,3)16-19-12-9-15-11(8-13(12)20(16)18)10-6-4-5-7-14(10)21-15/h4-9H,1-3H3. The van der Waals surface area contributed by atoms with Gasteiger partial charge in [-0.3, -0.25) is 2.78 Å². The lowest BCUT2D eigenvalue weighted by Gasteiger charge is -2.16. The van der Waals surface area contributed by atoms with Crippen LogP contribution < -0.4 is 0 Å². The van der Waals surface area contributed by atoms with Gasteiger partial charge in [0.2, 0.25) is 0 Å². The zero-order valence-corrected chi connectivity index (χ0v) is 15.1. The zero-order chi connectivity index (χ0) is 14.8. The highest BCUT2D eigenvalue weighted by molar-refractivity contribution is 14.1. The van der Waals surface area contributed by atoms with Gasteiger partial charge in [0.05, 0.1) is 33.9 Å². The van der Waals surface area contributed by atoms with Crippen molar-refractivity contribution in [2.75, 3.05) is 0 Å². The number of rotatable bonds is 0. The van der Waals surface area contributed by atoms with E-state index in [1.165, 1.54) is 25.7 Å². The van der Waals surface area contributed by atoms with Gasteiger partial charge in [0.1, 0.15) is 5.82 Å². The summed E-state index contributed by atoms with van der Waals surface area (Å²) < 4.78 is 4.87. The molecule has 0 radical (unpaired) electrons. The van der Waals surface area contributed by atoms with Gasteiger partial charge in [-0.1, -0.05) is 39.0 Å². The summed E-state index contributed by atoms with van der Waals surface area (Å²) >= 11 is 4.22. The fraction of sp³-hybridized carbons (Fsp3) is 0.235. The van der Waals surface area contributed by atoms with E-state index in [-0.39, 0.29) is 5.41 Å². The Morgan fingerprint density at radius 3 is 2.57 bits per heavy atom. The number of hydrogen-bond donors (Lipinski definition) is 0. The summed E-state index contributed by atoms with van der Waals surface area (Å²) in [5.41, 5.74) is 2.35. The van der Waals surface area contributed by atoms with Crippen LogP contribution >= 0.6 is 34.2 Å². The van der Waals surface area contributed by atoms with E-state index in [1.807, 2.05) is 11.3 Å². The Balaban J connectivity index is 2.13. The smallest absolute Gasteiger partial charge is 0.124 e. The van der Waals surface area contributed by atoms with Crippen molar-refractivity contribution >= 4 is 65.4 Å². The Hall–Kier alpha value is -1.14. The van der Waals surface area contributed by atoms with Crippen molar-refractivity contribution in [3.8, 4) is 0 Å². The predicted octanol–water partition coefficient (Wildman–Crippen LogP) is 5.90. The minimum atomic E-state index is 0.0513. The topological polar surface area (TPSA) is 17.8 Å². The Kier molecular flexibility index (Phi) is 2.85. The third-order valence-electron chi connectivity index (χ3n) is 3.77. The molecule has 0 spiro atoms. The number of benzene rings is 2.